The molecule has 0 radical (unpaired) electrons. The second-order valence-corrected chi connectivity index (χ2v) is 5.83. The van der Waals surface area contributed by atoms with Crippen molar-refractivity contribution in [1.29, 1.82) is 0 Å². The maximum Gasteiger partial charge on any atom is 0.246 e. The third-order valence-corrected chi connectivity index (χ3v) is 4.29. The van der Waals surface area contributed by atoms with Gasteiger partial charge in [-0.25, -0.2) is 0 Å². The summed E-state index contributed by atoms with van der Waals surface area (Å²) < 4.78 is 0. The highest BCUT2D eigenvalue weighted by Crippen LogP contribution is 2.27. The van der Waals surface area contributed by atoms with Crippen LogP contribution in [0.1, 0.15) is 12.0 Å². The maximum absolute atomic E-state index is 12.3. The summed E-state index contributed by atoms with van der Waals surface area (Å²) in [6, 6.07) is 12.8. The van der Waals surface area contributed by atoms with Gasteiger partial charge in [-0.15, -0.1) is 0 Å². The van der Waals surface area contributed by atoms with Crippen LogP contribution in [0.25, 0.3) is 0 Å². The van der Waals surface area contributed by atoms with Crippen LogP contribution >= 0.6 is 23.2 Å². The van der Waals surface area contributed by atoms with Crippen molar-refractivity contribution in [3.05, 3.63) is 58.1 Å². The van der Waals surface area contributed by atoms with Crippen molar-refractivity contribution < 1.29 is 4.79 Å². The summed E-state index contributed by atoms with van der Waals surface area (Å²) in [6.07, 6.45) is 1.57. The minimum Gasteiger partial charge on any atom is -0.374 e. The number of hydrogen-bond donors (Lipinski definition) is 2. The molecule has 0 saturated carbocycles. The Bertz CT molecular complexity index is 688. The molecule has 0 saturated heterocycles. The highest BCUT2D eigenvalue weighted by molar-refractivity contribution is 6.42. The lowest BCUT2D eigenvalue weighted by atomic mass is 10.1. The number of carbonyl (C=O) groups is 1. The molecule has 2 aromatic rings. The van der Waals surface area contributed by atoms with Crippen molar-refractivity contribution in [2.75, 3.05) is 10.6 Å². The second-order valence-electron chi connectivity index (χ2n) is 5.01. The Kier molecular flexibility index (Phi) is 4.04. The molecular weight excluding hydrogens is 307 g/mol. The molecule has 108 valence electrons. The molecule has 5 heteroatoms. The molecule has 21 heavy (non-hydrogen) atoms. The van der Waals surface area contributed by atoms with Crippen molar-refractivity contribution in [1.82, 2.24) is 0 Å². The van der Waals surface area contributed by atoms with Crippen molar-refractivity contribution in [3.8, 4) is 0 Å². The largest absolute Gasteiger partial charge is 0.374 e. The molecule has 2 N–H and O–H groups in total. The fourth-order valence-electron chi connectivity index (χ4n) is 2.44. The molecule has 1 amide bonds. The van der Waals surface area contributed by atoms with Crippen LogP contribution in [0.15, 0.2) is 42.5 Å². The summed E-state index contributed by atoms with van der Waals surface area (Å²) in [5.74, 6) is -0.0361. The van der Waals surface area contributed by atoms with Crippen LogP contribution in [0.5, 0.6) is 0 Å². The van der Waals surface area contributed by atoms with Crippen LogP contribution in [0.2, 0.25) is 10.0 Å². The lowest BCUT2D eigenvalue weighted by Gasteiger charge is -2.17. The van der Waals surface area contributed by atoms with E-state index in [-0.39, 0.29) is 11.9 Å². The van der Waals surface area contributed by atoms with Gasteiger partial charge in [-0.3, -0.25) is 4.79 Å². The van der Waals surface area contributed by atoms with Gasteiger partial charge in [-0.2, -0.15) is 0 Å². The average Bonchev–Trinajstić information content (AvgIpc) is 2.63. The highest BCUT2D eigenvalue weighted by atomic mass is 35.5. The van der Waals surface area contributed by atoms with E-state index < -0.39 is 0 Å². The smallest absolute Gasteiger partial charge is 0.246 e. The number of aryl methyl sites for hydroxylation is 1. The monoisotopic (exact) mass is 320 g/mol. The van der Waals surface area contributed by atoms with Crippen molar-refractivity contribution >= 4 is 40.5 Å². The fraction of sp³-hybridized carbons (Fsp3) is 0.188. The number of amides is 1. The molecular formula is C16H14Cl2N2O. The first-order valence-electron chi connectivity index (χ1n) is 6.74. The summed E-state index contributed by atoms with van der Waals surface area (Å²) in [5.41, 5.74) is 2.83. The van der Waals surface area contributed by atoms with Gasteiger partial charge in [-0.05, 0) is 42.7 Å². The Balaban J connectivity index is 1.78. The van der Waals surface area contributed by atoms with E-state index in [2.05, 4.69) is 10.6 Å². The van der Waals surface area contributed by atoms with E-state index in [0.717, 1.165) is 29.8 Å². The van der Waals surface area contributed by atoms with E-state index in [9.17, 15) is 4.79 Å². The minimum atomic E-state index is -0.297. The first-order chi connectivity index (χ1) is 10.1. The zero-order valence-electron chi connectivity index (χ0n) is 11.2. The summed E-state index contributed by atoms with van der Waals surface area (Å²) in [7, 11) is 0. The quantitative estimate of drug-likeness (QED) is 0.863. The van der Waals surface area contributed by atoms with E-state index in [4.69, 9.17) is 23.2 Å². The van der Waals surface area contributed by atoms with E-state index >= 15 is 0 Å². The van der Waals surface area contributed by atoms with Gasteiger partial charge in [0, 0.05) is 11.4 Å². The first kappa shape index (κ1) is 14.2. The van der Waals surface area contributed by atoms with E-state index in [1.165, 1.54) is 0 Å². The highest BCUT2D eigenvalue weighted by Gasteiger charge is 2.23. The van der Waals surface area contributed by atoms with E-state index in [1.54, 1.807) is 12.1 Å². The number of para-hydroxylation sites is 1. The second kappa shape index (κ2) is 5.96. The van der Waals surface area contributed by atoms with Crippen molar-refractivity contribution in [2.45, 2.75) is 18.9 Å². The molecule has 1 aliphatic heterocycles. The SMILES string of the molecule is O=C1Nc2ccccc2CCC1Nc1ccc(Cl)c(Cl)c1. The predicted octanol–water partition coefficient (Wildman–Crippen LogP) is 4.36. The maximum atomic E-state index is 12.3. The predicted molar refractivity (Wildman–Crippen MR) is 87.3 cm³/mol. The number of nitrogens with one attached hydrogen (secondary N) is 2. The van der Waals surface area contributed by atoms with Gasteiger partial charge >= 0.3 is 0 Å². The third-order valence-electron chi connectivity index (χ3n) is 3.55. The number of carbonyl (C=O) groups excluding carboxylic acids is 1. The molecule has 1 unspecified atom stereocenters. The molecule has 3 nitrogen and oxygen atoms in total. The fourth-order valence-corrected chi connectivity index (χ4v) is 2.73. The number of rotatable bonds is 2. The van der Waals surface area contributed by atoms with Gasteiger partial charge in [0.1, 0.15) is 6.04 Å². The summed E-state index contributed by atoms with van der Waals surface area (Å²) >= 11 is 11.9. The van der Waals surface area contributed by atoms with Gasteiger partial charge in [-0.1, -0.05) is 41.4 Å². The molecule has 0 bridgehead atoms. The lowest BCUT2D eigenvalue weighted by molar-refractivity contribution is -0.116. The van der Waals surface area contributed by atoms with Crippen LogP contribution in [0, 0.1) is 0 Å². The topological polar surface area (TPSA) is 41.1 Å². The van der Waals surface area contributed by atoms with Gasteiger partial charge in [0.25, 0.3) is 0 Å². The molecule has 0 aliphatic carbocycles. The molecule has 1 aliphatic rings. The average molecular weight is 321 g/mol. The summed E-state index contributed by atoms with van der Waals surface area (Å²) in [6.45, 7) is 0. The molecule has 0 spiro atoms. The Morgan fingerprint density at radius 3 is 2.71 bits per heavy atom. The summed E-state index contributed by atoms with van der Waals surface area (Å²) in [4.78, 5) is 12.3. The van der Waals surface area contributed by atoms with Crippen molar-refractivity contribution in [3.63, 3.8) is 0 Å². The van der Waals surface area contributed by atoms with Crippen LogP contribution in [-0.2, 0) is 11.2 Å². The summed E-state index contributed by atoms with van der Waals surface area (Å²) in [5, 5.41) is 7.15. The number of fused-ring (bicyclic) bond motifs is 1. The zero-order valence-corrected chi connectivity index (χ0v) is 12.7. The number of halogens is 2. The minimum absolute atomic E-state index is 0.0361. The number of hydrogen-bond acceptors (Lipinski definition) is 2. The Hall–Kier alpha value is -1.71. The van der Waals surface area contributed by atoms with Crippen LogP contribution < -0.4 is 10.6 Å². The first-order valence-corrected chi connectivity index (χ1v) is 7.49. The number of benzene rings is 2. The van der Waals surface area contributed by atoms with Gasteiger partial charge < -0.3 is 10.6 Å². The normalized spacial score (nSPS) is 17.6. The van der Waals surface area contributed by atoms with Crippen molar-refractivity contribution in [2.24, 2.45) is 0 Å². The lowest BCUT2D eigenvalue weighted by Crippen LogP contribution is -2.33. The number of anilines is 2. The van der Waals surface area contributed by atoms with Gasteiger partial charge in [0.05, 0.1) is 10.0 Å². The van der Waals surface area contributed by atoms with Crippen LogP contribution in [0.4, 0.5) is 11.4 Å². The molecule has 2 aromatic carbocycles. The van der Waals surface area contributed by atoms with Crippen LogP contribution in [-0.4, -0.2) is 11.9 Å². The molecule has 0 aromatic heterocycles. The Labute approximate surface area is 133 Å². The standard InChI is InChI=1S/C16H14Cl2N2O/c17-12-7-6-11(9-13(12)18)19-15-8-5-10-3-1-2-4-14(10)20-16(15)21/h1-4,6-7,9,15,19H,5,8H2,(H,20,21). The Morgan fingerprint density at radius 1 is 1.10 bits per heavy atom. The molecule has 1 atom stereocenters. The Morgan fingerprint density at radius 2 is 1.90 bits per heavy atom. The third kappa shape index (κ3) is 3.14. The van der Waals surface area contributed by atoms with Gasteiger partial charge in [0.15, 0.2) is 0 Å². The van der Waals surface area contributed by atoms with Gasteiger partial charge in [0.2, 0.25) is 5.91 Å². The molecule has 1 heterocycles. The zero-order chi connectivity index (χ0) is 14.8. The van der Waals surface area contributed by atoms with Crippen LogP contribution in [0.3, 0.4) is 0 Å². The van der Waals surface area contributed by atoms with E-state index in [1.807, 2.05) is 30.3 Å². The molecule has 0 fully saturated rings. The van der Waals surface area contributed by atoms with E-state index in [0.29, 0.717) is 10.0 Å². The molecule has 3 rings (SSSR count).